The smallest absolute Gasteiger partial charge is 0.128 e. The van der Waals surface area contributed by atoms with Crippen molar-refractivity contribution in [1.29, 1.82) is 0 Å². The first kappa shape index (κ1) is 13.1. The molecule has 0 unspecified atom stereocenters. The van der Waals surface area contributed by atoms with Gasteiger partial charge >= 0.3 is 0 Å². The Morgan fingerprint density at radius 1 is 1.15 bits per heavy atom. The Labute approximate surface area is 123 Å². The minimum atomic E-state index is 0.944. The minimum Gasteiger partial charge on any atom is -0.353 e. The zero-order valence-electron chi connectivity index (χ0n) is 11.6. The molecular weight excluding hydrogens is 268 g/mol. The van der Waals surface area contributed by atoms with E-state index in [1.165, 1.54) is 4.88 Å². The fourth-order valence-corrected chi connectivity index (χ4v) is 2.98. The minimum absolute atomic E-state index is 0.944. The number of hydrazone groups is 1. The molecule has 0 amide bonds. The third kappa shape index (κ3) is 2.99. The molecule has 0 aliphatic carbocycles. The van der Waals surface area contributed by atoms with Crippen LogP contribution in [0.25, 0.3) is 0 Å². The second kappa shape index (κ2) is 6.05. The lowest BCUT2D eigenvalue weighted by molar-refractivity contribution is 0.270. The lowest BCUT2D eigenvalue weighted by atomic mass is 10.3. The van der Waals surface area contributed by atoms with E-state index in [9.17, 15) is 0 Å². The molecule has 0 N–H and O–H groups in total. The first-order valence-electron chi connectivity index (χ1n) is 6.83. The van der Waals surface area contributed by atoms with E-state index in [1.54, 1.807) is 11.3 Å². The molecule has 2 aromatic heterocycles. The van der Waals surface area contributed by atoms with E-state index in [1.807, 2.05) is 18.3 Å². The molecule has 0 spiro atoms. The monoisotopic (exact) mass is 286 g/mol. The predicted octanol–water partition coefficient (Wildman–Crippen LogP) is 2.69. The van der Waals surface area contributed by atoms with E-state index in [4.69, 9.17) is 5.10 Å². The molecule has 0 aromatic carbocycles. The number of thiophene rings is 1. The van der Waals surface area contributed by atoms with Crippen molar-refractivity contribution in [2.24, 2.45) is 5.10 Å². The number of piperazine rings is 1. The lowest BCUT2D eigenvalue weighted by Crippen LogP contribution is -2.44. The van der Waals surface area contributed by atoms with Crippen molar-refractivity contribution in [1.82, 2.24) is 9.99 Å². The van der Waals surface area contributed by atoms with Crippen LogP contribution in [0.4, 0.5) is 5.82 Å². The zero-order chi connectivity index (χ0) is 13.8. The molecule has 0 radical (unpaired) electrons. The van der Waals surface area contributed by atoms with Crippen LogP contribution in [0.15, 0.2) is 47.0 Å². The molecule has 4 nitrogen and oxygen atoms in total. The van der Waals surface area contributed by atoms with Crippen LogP contribution in [0.3, 0.4) is 0 Å². The molecule has 2 aromatic rings. The van der Waals surface area contributed by atoms with Gasteiger partial charge in [-0.1, -0.05) is 12.1 Å². The second-order valence-electron chi connectivity index (χ2n) is 4.79. The van der Waals surface area contributed by atoms with Gasteiger partial charge in [0.15, 0.2) is 0 Å². The van der Waals surface area contributed by atoms with Gasteiger partial charge in [0.2, 0.25) is 0 Å². The molecule has 104 valence electrons. The summed E-state index contributed by atoms with van der Waals surface area (Å²) in [4.78, 5) is 7.96. The van der Waals surface area contributed by atoms with Gasteiger partial charge in [-0.15, -0.1) is 11.3 Å². The Morgan fingerprint density at radius 3 is 2.65 bits per heavy atom. The largest absolute Gasteiger partial charge is 0.353 e. The summed E-state index contributed by atoms with van der Waals surface area (Å²) in [6.45, 7) is 5.91. The number of hydrogen-bond acceptors (Lipinski definition) is 5. The van der Waals surface area contributed by atoms with Gasteiger partial charge in [0.1, 0.15) is 5.82 Å². The number of pyridine rings is 1. The Bertz CT molecular complexity index is 557. The average molecular weight is 286 g/mol. The summed E-state index contributed by atoms with van der Waals surface area (Å²) < 4.78 is 0. The summed E-state index contributed by atoms with van der Waals surface area (Å²) in [5.41, 5.74) is 1.10. The standard InChI is InChI=1S/C15H18N4S/c1-13(14-5-4-12-20-14)17-19-10-8-18(9-11-19)15-6-2-3-7-16-15/h2-7,12H,8-11H2,1H3/b17-13-. The molecule has 1 saturated heterocycles. The summed E-state index contributed by atoms with van der Waals surface area (Å²) in [5.74, 6) is 1.06. The van der Waals surface area contributed by atoms with Crippen LogP contribution in [-0.4, -0.2) is 41.9 Å². The molecule has 3 heterocycles. The molecule has 1 fully saturated rings. The van der Waals surface area contributed by atoms with Crippen molar-refractivity contribution in [3.05, 3.63) is 46.8 Å². The van der Waals surface area contributed by atoms with Gasteiger partial charge in [0.25, 0.3) is 0 Å². The third-order valence-corrected chi connectivity index (χ3v) is 4.38. The summed E-state index contributed by atoms with van der Waals surface area (Å²) in [6.07, 6.45) is 1.85. The Balaban J connectivity index is 1.60. The van der Waals surface area contributed by atoms with Crippen molar-refractivity contribution in [2.45, 2.75) is 6.92 Å². The predicted molar refractivity (Wildman–Crippen MR) is 84.6 cm³/mol. The molecule has 3 rings (SSSR count). The maximum Gasteiger partial charge on any atom is 0.128 e. The van der Waals surface area contributed by atoms with Crippen LogP contribution < -0.4 is 4.90 Å². The highest BCUT2D eigenvalue weighted by atomic mass is 32.1. The van der Waals surface area contributed by atoms with E-state index in [-0.39, 0.29) is 0 Å². The van der Waals surface area contributed by atoms with E-state index < -0.39 is 0 Å². The maximum absolute atomic E-state index is 4.72. The van der Waals surface area contributed by atoms with Crippen molar-refractivity contribution in [3.63, 3.8) is 0 Å². The van der Waals surface area contributed by atoms with Crippen LogP contribution >= 0.6 is 11.3 Å². The van der Waals surface area contributed by atoms with Crippen LogP contribution in [0.5, 0.6) is 0 Å². The molecule has 1 aliphatic heterocycles. The Hall–Kier alpha value is -1.88. The van der Waals surface area contributed by atoms with Crippen molar-refractivity contribution in [3.8, 4) is 0 Å². The van der Waals surface area contributed by atoms with Crippen LogP contribution in [0.1, 0.15) is 11.8 Å². The number of aromatic nitrogens is 1. The van der Waals surface area contributed by atoms with Gasteiger partial charge in [-0.3, -0.25) is 5.01 Å². The number of anilines is 1. The SMILES string of the molecule is C/C(=N/N1CCN(c2ccccn2)CC1)c1cccs1. The van der Waals surface area contributed by atoms with E-state index in [0.717, 1.165) is 37.7 Å². The summed E-state index contributed by atoms with van der Waals surface area (Å²) in [6, 6.07) is 10.2. The van der Waals surface area contributed by atoms with Crippen LogP contribution in [0, 0.1) is 0 Å². The van der Waals surface area contributed by atoms with Gasteiger partial charge in [-0.05, 0) is 30.5 Å². The third-order valence-electron chi connectivity index (χ3n) is 3.40. The normalized spacial score (nSPS) is 16.6. The Kier molecular flexibility index (Phi) is 3.97. The van der Waals surface area contributed by atoms with Crippen molar-refractivity contribution < 1.29 is 0 Å². The lowest BCUT2D eigenvalue weighted by Gasteiger charge is -2.34. The molecule has 20 heavy (non-hydrogen) atoms. The second-order valence-corrected chi connectivity index (χ2v) is 5.74. The van der Waals surface area contributed by atoms with Crippen molar-refractivity contribution >= 4 is 22.9 Å². The molecule has 5 heteroatoms. The molecular formula is C15H18N4S. The van der Waals surface area contributed by atoms with E-state index >= 15 is 0 Å². The van der Waals surface area contributed by atoms with Crippen molar-refractivity contribution in [2.75, 3.05) is 31.1 Å². The highest BCUT2D eigenvalue weighted by molar-refractivity contribution is 7.12. The highest BCUT2D eigenvalue weighted by Crippen LogP contribution is 2.14. The summed E-state index contributed by atoms with van der Waals surface area (Å²) in [7, 11) is 0. The zero-order valence-corrected chi connectivity index (χ0v) is 12.4. The molecule has 0 bridgehead atoms. The summed E-state index contributed by atoms with van der Waals surface area (Å²) >= 11 is 1.74. The van der Waals surface area contributed by atoms with Gasteiger partial charge in [-0.2, -0.15) is 5.10 Å². The maximum atomic E-state index is 4.72. The molecule has 1 aliphatic rings. The van der Waals surface area contributed by atoms with Gasteiger partial charge in [0, 0.05) is 24.2 Å². The first-order valence-corrected chi connectivity index (χ1v) is 7.71. The van der Waals surface area contributed by atoms with Gasteiger partial charge in [0.05, 0.1) is 18.8 Å². The first-order chi connectivity index (χ1) is 9.83. The molecule has 0 atom stereocenters. The van der Waals surface area contributed by atoms with E-state index in [2.05, 4.69) is 45.4 Å². The average Bonchev–Trinajstić information content (AvgIpc) is 3.03. The van der Waals surface area contributed by atoms with Crippen LogP contribution in [-0.2, 0) is 0 Å². The highest BCUT2D eigenvalue weighted by Gasteiger charge is 2.16. The Morgan fingerprint density at radius 2 is 2.00 bits per heavy atom. The molecule has 0 saturated carbocycles. The quantitative estimate of drug-likeness (QED) is 0.813. The fourth-order valence-electron chi connectivity index (χ4n) is 2.31. The van der Waals surface area contributed by atoms with E-state index in [0.29, 0.717) is 0 Å². The number of hydrogen-bond donors (Lipinski definition) is 0. The number of nitrogens with zero attached hydrogens (tertiary/aromatic N) is 4. The van der Waals surface area contributed by atoms with Gasteiger partial charge < -0.3 is 4.90 Å². The van der Waals surface area contributed by atoms with Crippen LogP contribution in [0.2, 0.25) is 0 Å². The van der Waals surface area contributed by atoms with Gasteiger partial charge in [-0.25, -0.2) is 4.98 Å². The number of rotatable bonds is 3. The summed E-state index contributed by atoms with van der Waals surface area (Å²) in [5, 5.41) is 8.97. The topological polar surface area (TPSA) is 31.7 Å². The fraction of sp³-hybridized carbons (Fsp3) is 0.333.